The maximum Gasteiger partial charge on any atom is 0.408 e. The molecule has 0 saturated carbocycles. The molecule has 1 fully saturated rings. The molecule has 0 aliphatic carbocycles. The lowest BCUT2D eigenvalue weighted by Crippen LogP contribution is -2.42. The lowest BCUT2D eigenvalue weighted by atomic mass is 9.90. The minimum Gasteiger partial charge on any atom is -0.370 e. The van der Waals surface area contributed by atoms with Gasteiger partial charge in [-0.15, -0.1) is 10.2 Å². The molecule has 0 radical (unpaired) electrons. The van der Waals surface area contributed by atoms with Gasteiger partial charge >= 0.3 is 6.18 Å². The number of aryl methyl sites for hydroxylation is 1. The minimum absolute atomic E-state index is 0.167. The van der Waals surface area contributed by atoms with Crippen LogP contribution in [0.15, 0.2) is 43.0 Å². The third-order valence-electron chi connectivity index (χ3n) is 6.20. The number of aromatic nitrogens is 6. The van der Waals surface area contributed by atoms with Gasteiger partial charge in [-0.1, -0.05) is 12.1 Å². The molecule has 3 aromatic heterocycles. The average Bonchev–Trinajstić information content (AvgIpc) is 3.43. The molecule has 0 N–H and O–H groups in total. The number of hydrogen-bond donors (Lipinski definition) is 0. The smallest absolute Gasteiger partial charge is 0.370 e. The molecule has 4 aromatic rings. The maximum absolute atomic E-state index is 15.7. The van der Waals surface area contributed by atoms with Crippen molar-refractivity contribution in [3.63, 3.8) is 0 Å². The van der Waals surface area contributed by atoms with Crippen molar-refractivity contribution in [1.82, 2.24) is 29.5 Å². The van der Waals surface area contributed by atoms with Crippen LogP contribution in [0.2, 0.25) is 0 Å². The summed E-state index contributed by atoms with van der Waals surface area (Å²) in [6.07, 6.45) is 0.221. The summed E-state index contributed by atoms with van der Waals surface area (Å²) in [4.78, 5) is 6.20. The van der Waals surface area contributed by atoms with Gasteiger partial charge in [0.05, 0.1) is 11.3 Å². The van der Waals surface area contributed by atoms with Crippen molar-refractivity contribution in [2.75, 3.05) is 18.0 Å². The Morgan fingerprint density at radius 1 is 1.20 bits per heavy atom. The number of pyridine rings is 1. The van der Waals surface area contributed by atoms with E-state index in [0.717, 1.165) is 4.68 Å². The Balaban J connectivity index is 1.49. The predicted molar refractivity (Wildman–Crippen MR) is 119 cm³/mol. The van der Waals surface area contributed by atoms with Crippen molar-refractivity contribution in [3.8, 4) is 17.2 Å². The number of piperidine rings is 1. The van der Waals surface area contributed by atoms with E-state index in [2.05, 4.69) is 26.3 Å². The first-order valence-corrected chi connectivity index (χ1v) is 10.9. The van der Waals surface area contributed by atoms with E-state index in [9.17, 15) is 18.4 Å². The molecule has 1 aliphatic rings. The number of para-hydroxylation sites is 1. The summed E-state index contributed by atoms with van der Waals surface area (Å²) in [6, 6.07) is 9.14. The molecule has 1 aliphatic heterocycles. The molecule has 8 nitrogen and oxygen atoms in total. The lowest BCUT2D eigenvalue weighted by molar-refractivity contribution is -0.142. The molecule has 12 heteroatoms. The molecule has 0 spiro atoms. The van der Waals surface area contributed by atoms with Gasteiger partial charge in [0.1, 0.15) is 18.9 Å². The molecule has 1 aromatic carbocycles. The maximum atomic E-state index is 15.7. The van der Waals surface area contributed by atoms with Crippen LogP contribution in [0, 0.1) is 11.3 Å². The molecular weight excluding hydrogens is 464 g/mol. The number of halogens is 4. The van der Waals surface area contributed by atoms with Crippen molar-refractivity contribution < 1.29 is 17.6 Å². The fraction of sp³-hybridized carbons (Fsp3) is 0.348. The zero-order valence-corrected chi connectivity index (χ0v) is 18.7. The molecule has 0 unspecified atom stereocenters. The zero-order chi connectivity index (χ0) is 24.8. The SMILES string of the molecule is Cn1cnnc1C1(F)CCN(c2c(C#N)cccc2-c2cnc3nn(CC(F)(F)F)cc3c2)CC1. The van der Waals surface area contributed by atoms with E-state index in [1.54, 1.807) is 29.8 Å². The topological polar surface area (TPSA) is 88.4 Å². The number of nitrogens with zero attached hydrogens (tertiary/aromatic N) is 8. The third kappa shape index (κ3) is 4.29. The van der Waals surface area contributed by atoms with Gasteiger partial charge in [0.25, 0.3) is 0 Å². The van der Waals surface area contributed by atoms with E-state index in [-0.39, 0.29) is 24.3 Å². The number of fused-ring (bicyclic) bond motifs is 1. The van der Waals surface area contributed by atoms with E-state index in [4.69, 9.17) is 0 Å². The second-order valence-electron chi connectivity index (χ2n) is 8.61. The molecule has 0 amide bonds. The summed E-state index contributed by atoms with van der Waals surface area (Å²) in [6.45, 7) is -0.527. The largest absolute Gasteiger partial charge is 0.408 e. The molecule has 0 bridgehead atoms. The van der Waals surface area contributed by atoms with Gasteiger partial charge in [0.2, 0.25) is 0 Å². The van der Waals surface area contributed by atoms with Crippen LogP contribution in [0.5, 0.6) is 0 Å². The van der Waals surface area contributed by atoms with Crippen LogP contribution < -0.4 is 4.90 Å². The number of hydrogen-bond acceptors (Lipinski definition) is 6. The summed E-state index contributed by atoms with van der Waals surface area (Å²) in [5.41, 5.74) is 0.935. The Bertz CT molecular complexity index is 1420. The summed E-state index contributed by atoms with van der Waals surface area (Å²) >= 11 is 0. The Hall–Kier alpha value is -4.01. The summed E-state index contributed by atoms with van der Waals surface area (Å²) in [7, 11) is 1.70. The van der Waals surface area contributed by atoms with E-state index < -0.39 is 18.4 Å². The number of nitriles is 1. The van der Waals surface area contributed by atoms with Crippen LogP contribution >= 0.6 is 0 Å². The van der Waals surface area contributed by atoms with Crippen LogP contribution in [0.3, 0.4) is 0 Å². The highest BCUT2D eigenvalue weighted by molar-refractivity contribution is 5.87. The van der Waals surface area contributed by atoms with E-state index in [1.165, 1.54) is 18.7 Å². The summed E-state index contributed by atoms with van der Waals surface area (Å²) in [5.74, 6) is 0.275. The first kappa shape index (κ1) is 22.8. The predicted octanol–water partition coefficient (Wildman–Crippen LogP) is 4.13. The fourth-order valence-electron chi connectivity index (χ4n) is 4.58. The van der Waals surface area contributed by atoms with Gasteiger partial charge in [-0.25, -0.2) is 9.37 Å². The molecule has 0 atom stereocenters. The molecule has 5 rings (SSSR count). The summed E-state index contributed by atoms with van der Waals surface area (Å²) in [5, 5.41) is 21.9. The molecular formula is C23H20F4N8. The Morgan fingerprint density at radius 2 is 1.97 bits per heavy atom. The number of rotatable bonds is 4. The van der Waals surface area contributed by atoms with Crippen molar-refractivity contribution in [2.45, 2.75) is 31.2 Å². The monoisotopic (exact) mass is 484 g/mol. The van der Waals surface area contributed by atoms with Crippen LogP contribution in [0.4, 0.5) is 23.2 Å². The van der Waals surface area contributed by atoms with Crippen molar-refractivity contribution >= 4 is 16.7 Å². The highest BCUT2D eigenvalue weighted by atomic mass is 19.4. The summed E-state index contributed by atoms with van der Waals surface area (Å²) < 4.78 is 56.4. The van der Waals surface area contributed by atoms with Crippen LogP contribution in [-0.2, 0) is 19.3 Å². The minimum atomic E-state index is -4.40. The van der Waals surface area contributed by atoms with Crippen molar-refractivity contribution in [3.05, 3.63) is 54.4 Å². The molecule has 180 valence electrons. The van der Waals surface area contributed by atoms with Crippen molar-refractivity contribution in [2.24, 2.45) is 7.05 Å². The van der Waals surface area contributed by atoms with Gasteiger partial charge in [0, 0.05) is 61.9 Å². The van der Waals surface area contributed by atoms with Gasteiger partial charge in [-0.3, -0.25) is 4.68 Å². The van der Waals surface area contributed by atoms with Crippen molar-refractivity contribution in [1.29, 1.82) is 5.26 Å². The van der Waals surface area contributed by atoms with Crippen LogP contribution in [0.1, 0.15) is 24.2 Å². The zero-order valence-electron chi connectivity index (χ0n) is 18.7. The highest BCUT2D eigenvalue weighted by Crippen LogP contribution is 2.41. The standard InChI is InChI=1S/C23H20F4N8/c1-33-14-30-31-21(33)22(24)5-7-34(8-6-22)19-15(10-28)3-2-4-18(19)16-9-17-12-35(13-23(25,26)27)32-20(17)29-11-16/h2-4,9,11-12,14H,5-8,13H2,1H3. The molecule has 1 saturated heterocycles. The Morgan fingerprint density at radius 3 is 2.63 bits per heavy atom. The number of anilines is 1. The molecule has 35 heavy (non-hydrogen) atoms. The second-order valence-corrected chi connectivity index (χ2v) is 8.61. The quantitative estimate of drug-likeness (QED) is 0.405. The fourth-order valence-corrected chi connectivity index (χ4v) is 4.58. The van der Waals surface area contributed by atoms with Gasteiger partial charge in [-0.2, -0.15) is 23.5 Å². The first-order valence-electron chi connectivity index (χ1n) is 10.9. The average molecular weight is 484 g/mol. The van der Waals surface area contributed by atoms with Gasteiger partial charge < -0.3 is 9.47 Å². The van der Waals surface area contributed by atoms with Crippen LogP contribution in [-0.4, -0.2) is 48.8 Å². The van der Waals surface area contributed by atoms with Gasteiger partial charge in [-0.05, 0) is 12.1 Å². The van der Waals surface area contributed by atoms with E-state index in [0.29, 0.717) is 40.9 Å². The second kappa shape index (κ2) is 8.33. The Kier molecular flexibility index (Phi) is 5.42. The highest BCUT2D eigenvalue weighted by Gasteiger charge is 2.41. The number of alkyl halides is 4. The van der Waals surface area contributed by atoms with Gasteiger partial charge in [0.15, 0.2) is 17.1 Å². The Labute approximate surface area is 197 Å². The van der Waals surface area contributed by atoms with Crippen LogP contribution in [0.25, 0.3) is 22.2 Å². The lowest BCUT2D eigenvalue weighted by Gasteiger charge is -2.38. The first-order chi connectivity index (χ1) is 16.7. The number of benzene rings is 1. The third-order valence-corrected chi connectivity index (χ3v) is 6.20. The van der Waals surface area contributed by atoms with E-state index >= 15 is 4.39 Å². The van der Waals surface area contributed by atoms with E-state index in [1.807, 2.05) is 11.0 Å². The normalized spacial score (nSPS) is 15.9. The molecule has 4 heterocycles.